The maximum absolute atomic E-state index is 12.4. The number of aromatic hydroxyl groups is 1. The Hall–Kier alpha value is -3.53. The largest absolute Gasteiger partial charge is 0.508 e. The van der Waals surface area contributed by atoms with Crippen molar-refractivity contribution < 1.29 is 9.90 Å². The third-order valence-electron chi connectivity index (χ3n) is 4.60. The van der Waals surface area contributed by atoms with Crippen LogP contribution in [0.4, 0.5) is 5.69 Å². The summed E-state index contributed by atoms with van der Waals surface area (Å²) < 4.78 is 0. The minimum atomic E-state index is -0.0355. The molecule has 4 heteroatoms. The van der Waals surface area contributed by atoms with Crippen molar-refractivity contribution in [2.75, 3.05) is 5.32 Å². The van der Waals surface area contributed by atoms with Crippen molar-refractivity contribution >= 4 is 22.5 Å². The van der Waals surface area contributed by atoms with Crippen molar-refractivity contribution in [1.29, 1.82) is 0 Å². The van der Waals surface area contributed by atoms with Crippen LogP contribution in [0.2, 0.25) is 0 Å². The molecule has 4 nitrogen and oxygen atoms in total. The second-order valence-corrected chi connectivity index (χ2v) is 6.53. The standard InChI is InChI=1S/C23H20N2O2.C2H6/c26-18-12-9-16(10-13-18)11-14-23(27)25-21-8-4-2-6-19(21)22-15-17-5-1-3-7-20(17)24-22;1-2/h1-10,12-13,15,24,26H,11,14H2,(H,25,27);1-2H3. The van der Waals surface area contributed by atoms with Gasteiger partial charge in [-0.2, -0.15) is 0 Å². The number of aromatic nitrogens is 1. The molecule has 0 radical (unpaired) electrons. The van der Waals surface area contributed by atoms with Gasteiger partial charge in [0.25, 0.3) is 0 Å². The van der Waals surface area contributed by atoms with Gasteiger partial charge in [0.15, 0.2) is 0 Å². The van der Waals surface area contributed by atoms with Gasteiger partial charge < -0.3 is 15.4 Å². The maximum Gasteiger partial charge on any atom is 0.224 e. The van der Waals surface area contributed by atoms with E-state index >= 15 is 0 Å². The minimum absolute atomic E-state index is 0.0355. The molecule has 3 N–H and O–H groups in total. The molecule has 0 saturated heterocycles. The Labute approximate surface area is 171 Å². The number of hydrogen-bond acceptors (Lipinski definition) is 2. The maximum atomic E-state index is 12.4. The van der Waals surface area contributed by atoms with Crippen LogP contribution in [0.15, 0.2) is 78.9 Å². The highest BCUT2D eigenvalue weighted by Gasteiger charge is 2.10. The van der Waals surface area contributed by atoms with Crippen molar-refractivity contribution in [1.82, 2.24) is 4.98 Å². The van der Waals surface area contributed by atoms with Gasteiger partial charge in [-0.1, -0.05) is 62.4 Å². The predicted molar refractivity (Wildman–Crippen MR) is 120 cm³/mol. The van der Waals surface area contributed by atoms with Crippen molar-refractivity contribution in [3.8, 4) is 17.0 Å². The highest BCUT2D eigenvalue weighted by Crippen LogP contribution is 2.30. The second kappa shape index (κ2) is 9.60. The Morgan fingerprint density at radius 3 is 2.38 bits per heavy atom. The number of carbonyl (C=O) groups is 1. The quantitative estimate of drug-likeness (QED) is 0.386. The van der Waals surface area contributed by atoms with Gasteiger partial charge in [0.2, 0.25) is 5.91 Å². The Bertz CT molecular complexity index is 1050. The van der Waals surface area contributed by atoms with E-state index in [4.69, 9.17) is 0 Å². The Morgan fingerprint density at radius 1 is 0.931 bits per heavy atom. The first kappa shape index (κ1) is 20.2. The zero-order chi connectivity index (χ0) is 20.6. The molecule has 0 spiro atoms. The van der Waals surface area contributed by atoms with E-state index in [2.05, 4.69) is 22.4 Å². The lowest BCUT2D eigenvalue weighted by Crippen LogP contribution is -2.13. The lowest BCUT2D eigenvalue weighted by molar-refractivity contribution is -0.116. The van der Waals surface area contributed by atoms with Crippen LogP contribution in [0.25, 0.3) is 22.2 Å². The molecule has 1 heterocycles. The van der Waals surface area contributed by atoms with Crippen LogP contribution in [0, 0.1) is 0 Å². The van der Waals surface area contributed by atoms with E-state index in [1.807, 2.05) is 68.4 Å². The van der Waals surface area contributed by atoms with Gasteiger partial charge >= 0.3 is 0 Å². The average molecular weight is 386 g/mol. The molecule has 4 aromatic rings. The SMILES string of the molecule is CC.O=C(CCc1ccc(O)cc1)Nc1ccccc1-c1cc2ccccc2[nH]1. The number of benzene rings is 3. The van der Waals surface area contributed by atoms with Gasteiger partial charge in [0.1, 0.15) is 5.75 Å². The molecule has 4 rings (SSSR count). The molecule has 1 aromatic heterocycles. The Morgan fingerprint density at radius 2 is 1.62 bits per heavy atom. The lowest BCUT2D eigenvalue weighted by atomic mass is 10.1. The average Bonchev–Trinajstić information content (AvgIpc) is 3.19. The number of amides is 1. The molecule has 0 aliphatic carbocycles. The third kappa shape index (κ3) is 5.05. The molecule has 1 amide bonds. The fourth-order valence-corrected chi connectivity index (χ4v) is 3.18. The van der Waals surface area contributed by atoms with Gasteiger partial charge in [0, 0.05) is 28.6 Å². The number of phenolic OH excluding ortho intramolecular Hbond substituents is 1. The van der Waals surface area contributed by atoms with E-state index < -0.39 is 0 Å². The zero-order valence-electron chi connectivity index (χ0n) is 16.8. The number of carbonyl (C=O) groups excluding carboxylic acids is 1. The normalized spacial score (nSPS) is 10.3. The van der Waals surface area contributed by atoms with Gasteiger partial charge in [-0.25, -0.2) is 0 Å². The number of fused-ring (bicyclic) bond motifs is 1. The van der Waals surface area contributed by atoms with Gasteiger partial charge in [-0.15, -0.1) is 0 Å². The summed E-state index contributed by atoms with van der Waals surface area (Å²) in [5, 5.41) is 13.5. The highest BCUT2D eigenvalue weighted by atomic mass is 16.3. The van der Waals surface area contributed by atoms with Crippen molar-refractivity contribution in [2.24, 2.45) is 0 Å². The summed E-state index contributed by atoms with van der Waals surface area (Å²) in [5.41, 5.74) is 4.82. The van der Waals surface area contributed by atoms with E-state index in [1.54, 1.807) is 12.1 Å². The van der Waals surface area contributed by atoms with Crippen LogP contribution in [-0.4, -0.2) is 16.0 Å². The highest BCUT2D eigenvalue weighted by molar-refractivity contribution is 5.96. The predicted octanol–water partition coefficient (Wildman–Crippen LogP) is 6.14. The number of aryl methyl sites for hydroxylation is 1. The molecule has 29 heavy (non-hydrogen) atoms. The molecule has 0 unspecified atom stereocenters. The zero-order valence-corrected chi connectivity index (χ0v) is 16.8. The van der Waals surface area contributed by atoms with E-state index in [9.17, 15) is 9.90 Å². The smallest absolute Gasteiger partial charge is 0.224 e. The summed E-state index contributed by atoms with van der Waals surface area (Å²) in [6.45, 7) is 4.00. The van der Waals surface area contributed by atoms with E-state index in [-0.39, 0.29) is 11.7 Å². The number of phenols is 1. The van der Waals surface area contributed by atoms with Crippen LogP contribution in [0.5, 0.6) is 5.75 Å². The first-order valence-corrected chi connectivity index (χ1v) is 9.94. The number of nitrogens with one attached hydrogen (secondary N) is 2. The lowest BCUT2D eigenvalue weighted by Gasteiger charge is -2.10. The number of rotatable bonds is 5. The van der Waals surface area contributed by atoms with Crippen LogP contribution in [0.3, 0.4) is 0 Å². The summed E-state index contributed by atoms with van der Waals surface area (Å²) in [6, 6.07) is 25.0. The molecule has 0 bridgehead atoms. The second-order valence-electron chi connectivity index (χ2n) is 6.53. The van der Waals surface area contributed by atoms with Gasteiger partial charge in [0.05, 0.1) is 5.69 Å². The molecular weight excluding hydrogens is 360 g/mol. The molecule has 0 aliphatic rings. The number of para-hydroxylation sites is 2. The van der Waals surface area contributed by atoms with Crippen molar-refractivity contribution in [3.63, 3.8) is 0 Å². The molecule has 148 valence electrons. The molecular formula is C25H26N2O2. The van der Waals surface area contributed by atoms with E-state index in [0.29, 0.717) is 12.8 Å². The summed E-state index contributed by atoms with van der Waals surface area (Å²) in [4.78, 5) is 15.9. The third-order valence-corrected chi connectivity index (χ3v) is 4.60. The summed E-state index contributed by atoms with van der Waals surface area (Å²) in [7, 11) is 0. The van der Waals surface area contributed by atoms with Gasteiger partial charge in [-0.05, 0) is 42.3 Å². The van der Waals surface area contributed by atoms with Crippen molar-refractivity contribution in [2.45, 2.75) is 26.7 Å². The molecule has 0 aliphatic heterocycles. The Kier molecular flexibility index (Phi) is 6.69. The number of hydrogen-bond donors (Lipinski definition) is 3. The molecule has 0 saturated carbocycles. The van der Waals surface area contributed by atoms with Crippen LogP contribution < -0.4 is 5.32 Å². The molecule has 0 fully saturated rings. The monoisotopic (exact) mass is 386 g/mol. The van der Waals surface area contributed by atoms with Crippen molar-refractivity contribution in [3.05, 3.63) is 84.4 Å². The molecule has 0 atom stereocenters. The Balaban J connectivity index is 0.00000117. The first-order valence-electron chi connectivity index (χ1n) is 9.94. The summed E-state index contributed by atoms with van der Waals surface area (Å²) >= 11 is 0. The van der Waals surface area contributed by atoms with E-state index in [0.717, 1.165) is 33.4 Å². The number of H-pyrrole nitrogens is 1. The van der Waals surface area contributed by atoms with Crippen LogP contribution in [-0.2, 0) is 11.2 Å². The number of aromatic amines is 1. The fourth-order valence-electron chi connectivity index (χ4n) is 3.18. The van der Waals surface area contributed by atoms with E-state index in [1.165, 1.54) is 0 Å². The van der Waals surface area contributed by atoms with Crippen LogP contribution >= 0.6 is 0 Å². The van der Waals surface area contributed by atoms with Crippen LogP contribution in [0.1, 0.15) is 25.8 Å². The first-order chi connectivity index (χ1) is 14.2. The summed E-state index contributed by atoms with van der Waals surface area (Å²) in [5.74, 6) is 0.196. The number of anilines is 1. The molecule has 3 aromatic carbocycles. The van der Waals surface area contributed by atoms with Gasteiger partial charge in [-0.3, -0.25) is 4.79 Å². The minimum Gasteiger partial charge on any atom is -0.508 e. The summed E-state index contributed by atoms with van der Waals surface area (Å²) in [6.07, 6.45) is 1.01. The topological polar surface area (TPSA) is 65.1 Å². The fraction of sp³-hybridized carbons (Fsp3) is 0.160.